The lowest BCUT2D eigenvalue weighted by molar-refractivity contribution is -0.346. The van der Waals surface area contributed by atoms with Crippen molar-refractivity contribution in [2.45, 2.75) is 119 Å². The Morgan fingerprint density at radius 1 is 1.10 bits per heavy atom. The van der Waals surface area contributed by atoms with Crippen LogP contribution in [0.25, 0.3) is 0 Å². The summed E-state index contributed by atoms with van der Waals surface area (Å²) in [6.45, 7) is 6.00. The van der Waals surface area contributed by atoms with Crippen LogP contribution >= 0.6 is 0 Å². The lowest BCUT2D eigenvalue weighted by atomic mass is 9.81. The highest BCUT2D eigenvalue weighted by Crippen LogP contribution is 2.50. The van der Waals surface area contributed by atoms with Gasteiger partial charge in [-0.2, -0.15) is 0 Å². The van der Waals surface area contributed by atoms with Gasteiger partial charge in [0.25, 0.3) is 0 Å². The van der Waals surface area contributed by atoms with Gasteiger partial charge in [-0.15, -0.1) is 6.58 Å². The van der Waals surface area contributed by atoms with E-state index in [1.807, 2.05) is 0 Å². The standard InChI is InChI=1S/C32H48O17/c1-5-30(3,41)9-6-7-15(2)26(39)44-12-18-21(34)23(36)24(37)29(48-18)49-28-20-16(8-10-31(20,4)42)17(11-45-28)27(40)47-19-13-46-32(43,14-33)25(38)22(19)35/h5,7,11,16,18-25,28-29,33-38,41-43H,1,6,8-10,12-14H2,2-4H3/b15-7+/t16-,18-,19-,20-,21-,22-,23+,24-,25+,28+,29+,30-,31+,32-/m1/s1. The quantitative estimate of drug-likeness (QED) is 0.0571. The number of esters is 2. The number of allylic oxidation sites excluding steroid dienone is 1. The Labute approximate surface area is 282 Å². The van der Waals surface area contributed by atoms with Crippen molar-refractivity contribution < 1.29 is 84.0 Å². The van der Waals surface area contributed by atoms with E-state index in [-0.39, 0.29) is 24.0 Å². The molecule has 4 aliphatic rings. The van der Waals surface area contributed by atoms with E-state index in [0.717, 1.165) is 6.26 Å². The number of ether oxygens (including phenoxy) is 6. The largest absolute Gasteiger partial charge is 0.471 e. The van der Waals surface area contributed by atoms with Crippen LogP contribution in [-0.2, 0) is 38.0 Å². The Bertz CT molecular complexity index is 1260. The Balaban J connectivity index is 1.42. The SMILES string of the molecule is C=C[C@@](C)(O)CC/C=C(\C)C(=O)OC[C@H]1O[C@@H](O[C@@H]2OC=C(C(=O)O[C@@H]3CO[C@](O)(CO)[C@@H](O)[C@@H]3O)[C@H]3CC[C@](C)(O)[C@@H]23)[C@H](O)[C@@H](O)[C@@H]1O. The summed E-state index contributed by atoms with van der Waals surface area (Å²) >= 11 is 0. The minimum Gasteiger partial charge on any atom is -0.471 e. The van der Waals surface area contributed by atoms with Crippen LogP contribution in [0.1, 0.15) is 46.5 Å². The zero-order valence-corrected chi connectivity index (χ0v) is 27.5. The van der Waals surface area contributed by atoms with Crippen LogP contribution in [0, 0.1) is 11.8 Å². The van der Waals surface area contributed by atoms with E-state index < -0.39 is 116 Å². The molecular formula is C32H48O17. The molecular weight excluding hydrogens is 656 g/mol. The van der Waals surface area contributed by atoms with E-state index in [1.165, 1.54) is 19.9 Å². The minimum atomic E-state index is -2.45. The first-order valence-corrected chi connectivity index (χ1v) is 16.0. The topological polar surface area (TPSA) is 272 Å². The Hall–Kier alpha value is -2.52. The molecule has 17 heteroatoms. The van der Waals surface area contributed by atoms with Crippen molar-refractivity contribution in [2.75, 3.05) is 19.8 Å². The fraction of sp³-hybridized carbons (Fsp3) is 0.750. The smallest absolute Gasteiger partial charge is 0.337 e. The zero-order chi connectivity index (χ0) is 36.5. The number of hydrogen-bond donors (Lipinski definition) is 9. The molecule has 0 amide bonds. The van der Waals surface area contributed by atoms with Crippen LogP contribution in [-0.4, -0.2) is 150 Å². The highest BCUT2D eigenvalue weighted by molar-refractivity contribution is 5.89. The maximum Gasteiger partial charge on any atom is 0.337 e. The molecule has 3 heterocycles. The minimum absolute atomic E-state index is 0.0470. The van der Waals surface area contributed by atoms with E-state index in [4.69, 9.17) is 28.4 Å². The molecule has 0 aromatic heterocycles. The van der Waals surface area contributed by atoms with Gasteiger partial charge >= 0.3 is 11.9 Å². The van der Waals surface area contributed by atoms with Crippen molar-refractivity contribution in [1.82, 2.24) is 0 Å². The molecule has 49 heavy (non-hydrogen) atoms. The highest BCUT2D eigenvalue weighted by atomic mass is 16.8. The van der Waals surface area contributed by atoms with Gasteiger partial charge in [0, 0.05) is 11.5 Å². The number of carbonyl (C=O) groups excluding carboxylic acids is 2. The molecule has 0 radical (unpaired) electrons. The summed E-state index contributed by atoms with van der Waals surface area (Å²) < 4.78 is 32.9. The average Bonchev–Trinajstić information content (AvgIpc) is 3.39. The number of rotatable bonds is 12. The summed E-state index contributed by atoms with van der Waals surface area (Å²) in [5.41, 5.74) is -2.42. The van der Waals surface area contributed by atoms with Gasteiger partial charge in [-0.05, 0) is 46.5 Å². The second-order valence-corrected chi connectivity index (χ2v) is 13.5. The Kier molecular flexibility index (Phi) is 12.3. The van der Waals surface area contributed by atoms with Crippen LogP contribution in [0.15, 0.2) is 36.1 Å². The summed E-state index contributed by atoms with van der Waals surface area (Å²) in [6, 6.07) is 0. The fourth-order valence-corrected chi connectivity index (χ4v) is 6.35. The first-order chi connectivity index (χ1) is 22.9. The third-order valence-corrected chi connectivity index (χ3v) is 9.70. The molecule has 0 spiro atoms. The summed E-state index contributed by atoms with van der Waals surface area (Å²) in [5.74, 6) is -5.87. The average molecular weight is 705 g/mol. The van der Waals surface area contributed by atoms with Crippen LogP contribution in [0.5, 0.6) is 0 Å². The second kappa shape index (κ2) is 15.4. The lowest BCUT2D eigenvalue weighted by Crippen LogP contribution is -2.63. The van der Waals surface area contributed by atoms with Crippen LogP contribution in [0.3, 0.4) is 0 Å². The molecule has 2 saturated heterocycles. The molecule has 1 saturated carbocycles. The molecule has 0 bridgehead atoms. The van der Waals surface area contributed by atoms with Gasteiger partial charge < -0.3 is 74.4 Å². The molecule has 0 unspecified atom stereocenters. The molecule has 3 aliphatic heterocycles. The van der Waals surface area contributed by atoms with E-state index in [0.29, 0.717) is 12.8 Å². The zero-order valence-electron chi connectivity index (χ0n) is 27.5. The van der Waals surface area contributed by atoms with Crippen molar-refractivity contribution in [3.8, 4) is 0 Å². The highest BCUT2D eigenvalue weighted by Gasteiger charge is 2.57. The van der Waals surface area contributed by atoms with Gasteiger partial charge in [0.2, 0.25) is 12.1 Å². The first kappa shape index (κ1) is 39.3. The number of aliphatic hydroxyl groups is 9. The fourth-order valence-electron chi connectivity index (χ4n) is 6.35. The van der Waals surface area contributed by atoms with Crippen LogP contribution in [0.4, 0.5) is 0 Å². The third kappa shape index (κ3) is 8.52. The van der Waals surface area contributed by atoms with Crippen LogP contribution < -0.4 is 0 Å². The normalized spacial score (nSPS) is 42.2. The first-order valence-electron chi connectivity index (χ1n) is 16.0. The summed E-state index contributed by atoms with van der Waals surface area (Å²) in [4.78, 5) is 25.8. The Morgan fingerprint density at radius 3 is 2.45 bits per heavy atom. The van der Waals surface area contributed by atoms with Gasteiger partial charge in [-0.1, -0.05) is 12.2 Å². The summed E-state index contributed by atoms with van der Waals surface area (Å²) in [7, 11) is 0. The third-order valence-electron chi connectivity index (χ3n) is 9.70. The van der Waals surface area contributed by atoms with Crippen molar-refractivity contribution >= 4 is 11.9 Å². The molecule has 17 nitrogen and oxygen atoms in total. The van der Waals surface area contributed by atoms with E-state index in [9.17, 15) is 55.5 Å². The number of aliphatic hydroxyl groups excluding tert-OH is 6. The van der Waals surface area contributed by atoms with Gasteiger partial charge in [0.15, 0.2) is 12.4 Å². The van der Waals surface area contributed by atoms with E-state index in [1.54, 1.807) is 13.0 Å². The molecule has 1 aliphatic carbocycles. The van der Waals surface area contributed by atoms with Crippen LogP contribution in [0.2, 0.25) is 0 Å². The van der Waals surface area contributed by atoms with Crippen molar-refractivity contribution in [1.29, 1.82) is 0 Å². The molecule has 0 aromatic carbocycles. The maximum atomic E-state index is 13.2. The predicted molar refractivity (Wildman–Crippen MR) is 162 cm³/mol. The number of carbonyl (C=O) groups is 2. The van der Waals surface area contributed by atoms with E-state index in [2.05, 4.69) is 6.58 Å². The van der Waals surface area contributed by atoms with Gasteiger partial charge in [-0.25, -0.2) is 9.59 Å². The maximum absolute atomic E-state index is 13.2. The molecule has 4 rings (SSSR count). The van der Waals surface area contributed by atoms with Crippen molar-refractivity contribution in [3.05, 3.63) is 36.1 Å². The Morgan fingerprint density at radius 2 is 1.80 bits per heavy atom. The predicted octanol–water partition coefficient (Wildman–Crippen LogP) is -2.62. The van der Waals surface area contributed by atoms with Gasteiger partial charge in [0.05, 0.1) is 42.2 Å². The molecule has 3 fully saturated rings. The second-order valence-electron chi connectivity index (χ2n) is 13.5. The van der Waals surface area contributed by atoms with Gasteiger partial charge in [-0.3, -0.25) is 0 Å². The molecule has 278 valence electrons. The molecule has 0 aromatic rings. The van der Waals surface area contributed by atoms with Crippen molar-refractivity contribution in [3.63, 3.8) is 0 Å². The number of fused-ring (bicyclic) bond motifs is 1. The van der Waals surface area contributed by atoms with Crippen molar-refractivity contribution in [2.24, 2.45) is 11.8 Å². The number of hydrogen-bond acceptors (Lipinski definition) is 17. The summed E-state index contributed by atoms with van der Waals surface area (Å²) in [6.07, 6.45) is -9.80. The lowest BCUT2D eigenvalue weighted by Gasteiger charge is -2.44. The van der Waals surface area contributed by atoms with E-state index >= 15 is 0 Å². The molecule has 14 atom stereocenters. The summed E-state index contributed by atoms with van der Waals surface area (Å²) in [5, 5.41) is 93.0. The van der Waals surface area contributed by atoms with Gasteiger partial charge in [0.1, 0.15) is 43.2 Å². The molecule has 9 N–H and O–H groups in total. The monoisotopic (exact) mass is 704 g/mol.